The van der Waals surface area contributed by atoms with Gasteiger partial charge in [0.05, 0.1) is 15.2 Å². The second-order valence-electron chi connectivity index (χ2n) is 5.75. The fourth-order valence-electron chi connectivity index (χ4n) is 2.33. The van der Waals surface area contributed by atoms with Crippen LogP contribution in [0.5, 0.6) is 0 Å². The quantitative estimate of drug-likeness (QED) is 0.727. The number of nitrogens with zero attached hydrogens (tertiary/aromatic N) is 1. The van der Waals surface area contributed by atoms with E-state index in [-0.39, 0.29) is 11.8 Å². The molecule has 2 aromatic carbocycles. The van der Waals surface area contributed by atoms with Crippen LogP contribution < -0.4 is 5.32 Å². The molecule has 1 N–H and O–H groups in total. The molecule has 1 unspecified atom stereocenters. The predicted molar refractivity (Wildman–Crippen MR) is 97.0 cm³/mol. The number of rotatable bonds is 5. The van der Waals surface area contributed by atoms with Crippen LogP contribution in [-0.2, 0) is 11.2 Å². The molecule has 0 fully saturated rings. The Morgan fingerprint density at radius 2 is 1.91 bits per heavy atom. The number of hydrogen-bond acceptors (Lipinski definition) is 3. The van der Waals surface area contributed by atoms with E-state index >= 15 is 0 Å². The van der Waals surface area contributed by atoms with Crippen molar-refractivity contribution in [2.75, 3.05) is 5.32 Å². The number of para-hydroxylation sites is 1. The summed E-state index contributed by atoms with van der Waals surface area (Å²) < 4.78 is 1.22. The molecule has 0 saturated heterocycles. The summed E-state index contributed by atoms with van der Waals surface area (Å²) in [7, 11) is 0. The molecule has 1 atom stereocenters. The highest BCUT2D eigenvalue weighted by Crippen LogP contribution is 2.24. The fourth-order valence-corrected chi connectivity index (χ4v) is 3.33. The van der Waals surface area contributed by atoms with Crippen molar-refractivity contribution in [1.29, 1.82) is 0 Å². The monoisotopic (exact) mass is 324 g/mol. The average Bonchev–Trinajstić information content (AvgIpc) is 2.98. The highest BCUT2D eigenvalue weighted by atomic mass is 32.1. The van der Waals surface area contributed by atoms with Crippen LogP contribution in [0.3, 0.4) is 0 Å². The van der Waals surface area contributed by atoms with Gasteiger partial charge in [-0.25, -0.2) is 4.98 Å². The van der Waals surface area contributed by atoms with Crippen molar-refractivity contribution in [2.45, 2.75) is 26.7 Å². The highest BCUT2D eigenvalue weighted by molar-refractivity contribution is 7.18. The molecule has 0 spiro atoms. The minimum absolute atomic E-state index is 0.0393. The number of aromatic nitrogens is 1. The van der Waals surface area contributed by atoms with Crippen LogP contribution in [0.15, 0.2) is 48.5 Å². The maximum atomic E-state index is 11.9. The van der Waals surface area contributed by atoms with Gasteiger partial charge >= 0.3 is 0 Å². The van der Waals surface area contributed by atoms with E-state index in [2.05, 4.69) is 28.5 Å². The molecule has 118 valence electrons. The Bertz CT molecular complexity index is 775. The molecular formula is C19H20N2OS. The van der Waals surface area contributed by atoms with E-state index in [4.69, 9.17) is 0 Å². The van der Waals surface area contributed by atoms with Gasteiger partial charge in [-0.15, -0.1) is 11.3 Å². The lowest BCUT2D eigenvalue weighted by Crippen LogP contribution is -2.19. The first kappa shape index (κ1) is 15.7. The van der Waals surface area contributed by atoms with Gasteiger partial charge in [-0.05, 0) is 36.2 Å². The minimum Gasteiger partial charge on any atom is -0.326 e. The number of carbonyl (C=O) groups is 1. The first-order valence-electron chi connectivity index (χ1n) is 7.90. The van der Waals surface area contributed by atoms with Gasteiger partial charge in [-0.1, -0.05) is 38.1 Å². The average molecular weight is 324 g/mol. The zero-order valence-corrected chi connectivity index (χ0v) is 14.2. The summed E-state index contributed by atoms with van der Waals surface area (Å²) in [5.74, 6) is 0.115. The molecule has 0 saturated carbocycles. The third-order valence-corrected chi connectivity index (χ3v) is 5.01. The Morgan fingerprint density at radius 1 is 1.17 bits per heavy atom. The molecule has 3 aromatic rings. The lowest BCUT2D eigenvalue weighted by atomic mass is 10.1. The minimum atomic E-state index is 0.0393. The van der Waals surface area contributed by atoms with Crippen molar-refractivity contribution >= 4 is 33.1 Å². The molecule has 1 heterocycles. The largest absolute Gasteiger partial charge is 0.326 e. The number of amides is 1. The summed E-state index contributed by atoms with van der Waals surface area (Å²) in [5.41, 5.74) is 3.11. The summed E-state index contributed by atoms with van der Waals surface area (Å²) in [6, 6.07) is 16.2. The van der Waals surface area contributed by atoms with Crippen molar-refractivity contribution < 1.29 is 4.79 Å². The molecule has 0 aliphatic carbocycles. The Kier molecular flexibility index (Phi) is 4.72. The second-order valence-corrected chi connectivity index (χ2v) is 6.86. The van der Waals surface area contributed by atoms with Gasteiger partial charge in [-0.2, -0.15) is 0 Å². The van der Waals surface area contributed by atoms with Crippen molar-refractivity contribution in [3.63, 3.8) is 0 Å². The van der Waals surface area contributed by atoms with Crippen LogP contribution in [-0.4, -0.2) is 10.9 Å². The molecule has 1 amide bonds. The van der Waals surface area contributed by atoms with Crippen molar-refractivity contribution in [3.05, 3.63) is 59.1 Å². The first-order valence-corrected chi connectivity index (χ1v) is 8.71. The van der Waals surface area contributed by atoms with Crippen LogP contribution in [0, 0.1) is 5.92 Å². The van der Waals surface area contributed by atoms with E-state index in [0.717, 1.165) is 29.1 Å². The number of benzene rings is 2. The van der Waals surface area contributed by atoms with Gasteiger partial charge in [0, 0.05) is 18.0 Å². The van der Waals surface area contributed by atoms with Gasteiger partial charge in [0.1, 0.15) is 0 Å². The summed E-state index contributed by atoms with van der Waals surface area (Å²) in [5, 5.41) is 4.07. The van der Waals surface area contributed by atoms with E-state index in [1.165, 1.54) is 10.3 Å². The maximum absolute atomic E-state index is 11.9. The maximum Gasteiger partial charge on any atom is 0.227 e. The summed E-state index contributed by atoms with van der Waals surface area (Å²) in [4.78, 5) is 16.6. The van der Waals surface area contributed by atoms with E-state index in [9.17, 15) is 4.79 Å². The zero-order chi connectivity index (χ0) is 16.2. The van der Waals surface area contributed by atoms with Gasteiger partial charge in [0.25, 0.3) is 0 Å². The van der Waals surface area contributed by atoms with Crippen molar-refractivity contribution in [2.24, 2.45) is 5.92 Å². The normalized spacial score (nSPS) is 12.3. The van der Waals surface area contributed by atoms with Crippen LogP contribution in [0.25, 0.3) is 10.2 Å². The molecular weight excluding hydrogens is 304 g/mol. The van der Waals surface area contributed by atoms with E-state index in [1.807, 2.05) is 44.2 Å². The molecule has 3 nitrogen and oxygen atoms in total. The number of fused-ring (bicyclic) bond motifs is 1. The van der Waals surface area contributed by atoms with Crippen LogP contribution in [0.4, 0.5) is 5.69 Å². The SMILES string of the molecule is CCC(C)C(=O)Nc1ccc(Cc2nc3ccccc3s2)cc1. The molecule has 3 rings (SSSR count). The molecule has 0 aliphatic rings. The topological polar surface area (TPSA) is 42.0 Å². The summed E-state index contributed by atoms with van der Waals surface area (Å²) in [6.45, 7) is 3.96. The zero-order valence-electron chi connectivity index (χ0n) is 13.4. The number of nitrogens with one attached hydrogen (secondary N) is 1. The molecule has 4 heteroatoms. The lowest BCUT2D eigenvalue weighted by Gasteiger charge is -2.10. The third-order valence-electron chi connectivity index (χ3n) is 3.97. The van der Waals surface area contributed by atoms with Crippen molar-refractivity contribution in [1.82, 2.24) is 4.98 Å². The molecule has 0 bridgehead atoms. The van der Waals surface area contributed by atoms with Crippen molar-refractivity contribution in [3.8, 4) is 0 Å². The molecule has 0 aliphatic heterocycles. The Balaban J connectivity index is 1.68. The Labute approximate surface area is 140 Å². The number of carbonyl (C=O) groups excluding carboxylic acids is 1. The second kappa shape index (κ2) is 6.92. The van der Waals surface area contributed by atoms with E-state index in [0.29, 0.717) is 0 Å². The fraction of sp³-hybridized carbons (Fsp3) is 0.263. The van der Waals surface area contributed by atoms with E-state index in [1.54, 1.807) is 11.3 Å². The van der Waals surface area contributed by atoms with E-state index < -0.39 is 0 Å². The smallest absolute Gasteiger partial charge is 0.227 e. The molecule has 1 aromatic heterocycles. The number of anilines is 1. The van der Waals surface area contributed by atoms with Gasteiger partial charge in [0.15, 0.2) is 0 Å². The van der Waals surface area contributed by atoms with Crippen LogP contribution in [0.2, 0.25) is 0 Å². The van der Waals surface area contributed by atoms with Gasteiger partial charge < -0.3 is 5.32 Å². The summed E-state index contributed by atoms with van der Waals surface area (Å²) in [6.07, 6.45) is 1.67. The number of thiazole rings is 1. The number of hydrogen-bond donors (Lipinski definition) is 1. The van der Waals surface area contributed by atoms with Crippen LogP contribution in [0.1, 0.15) is 30.8 Å². The Morgan fingerprint density at radius 3 is 2.61 bits per heavy atom. The van der Waals surface area contributed by atoms with Crippen LogP contribution >= 0.6 is 11.3 Å². The van der Waals surface area contributed by atoms with Gasteiger partial charge in [0.2, 0.25) is 5.91 Å². The third kappa shape index (κ3) is 3.77. The molecule has 23 heavy (non-hydrogen) atoms. The Hall–Kier alpha value is -2.20. The standard InChI is InChI=1S/C19H20N2OS/c1-3-13(2)19(22)20-15-10-8-14(9-11-15)12-18-21-16-6-4-5-7-17(16)23-18/h4-11,13H,3,12H2,1-2H3,(H,20,22). The predicted octanol–water partition coefficient (Wildman–Crippen LogP) is 4.87. The molecule has 0 radical (unpaired) electrons. The highest BCUT2D eigenvalue weighted by Gasteiger charge is 2.10. The first-order chi connectivity index (χ1) is 11.2. The van der Waals surface area contributed by atoms with Gasteiger partial charge in [-0.3, -0.25) is 4.79 Å². The lowest BCUT2D eigenvalue weighted by molar-refractivity contribution is -0.119. The summed E-state index contributed by atoms with van der Waals surface area (Å²) >= 11 is 1.73.